The molecule has 1 aromatic heterocycles. The first-order valence-corrected chi connectivity index (χ1v) is 20.5. The van der Waals surface area contributed by atoms with E-state index in [9.17, 15) is 0 Å². The highest BCUT2D eigenvalue weighted by atomic mass is 16.3. The Hall–Kier alpha value is -7.94. The summed E-state index contributed by atoms with van der Waals surface area (Å²) in [5.41, 5.74) is 16.9. The first-order valence-electron chi connectivity index (χ1n) is 20.5. The molecule has 0 N–H and O–H groups in total. The van der Waals surface area contributed by atoms with Crippen LogP contribution in [0.1, 0.15) is 0 Å². The molecule has 0 aliphatic heterocycles. The van der Waals surface area contributed by atoms with Crippen LogP contribution in [0, 0.1) is 0 Å². The second kappa shape index (κ2) is 15.1. The van der Waals surface area contributed by atoms with Gasteiger partial charge in [-0.2, -0.15) is 0 Å². The molecule has 0 saturated carbocycles. The predicted molar refractivity (Wildman–Crippen MR) is 253 cm³/mol. The summed E-state index contributed by atoms with van der Waals surface area (Å²) in [6, 6.07) is 84.9. The third-order valence-electron chi connectivity index (χ3n) is 11.7. The van der Waals surface area contributed by atoms with Crippen molar-refractivity contribution in [3.8, 4) is 55.6 Å². The van der Waals surface area contributed by atoms with Crippen LogP contribution < -0.4 is 4.90 Å². The maximum Gasteiger partial charge on any atom is 0.136 e. The van der Waals surface area contributed by atoms with E-state index in [0.717, 1.165) is 55.7 Å². The molecule has 0 spiro atoms. The zero-order valence-electron chi connectivity index (χ0n) is 32.9. The topological polar surface area (TPSA) is 16.4 Å². The van der Waals surface area contributed by atoms with E-state index in [1.807, 2.05) is 12.1 Å². The summed E-state index contributed by atoms with van der Waals surface area (Å²) in [5.74, 6) is 0. The second-order valence-electron chi connectivity index (χ2n) is 15.2. The average molecular weight is 766 g/mol. The van der Waals surface area contributed by atoms with Gasteiger partial charge in [0, 0.05) is 27.5 Å². The van der Waals surface area contributed by atoms with Crippen LogP contribution in [-0.2, 0) is 0 Å². The van der Waals surface area contributed by atoms with Gasteiger partial charge in [0.25, 0.3) is 0 Å². The Balaban J connectivity index is 1.05. The standard InChI is InChI=1S/C58H39NO/c1-4-16-41(17-5-1)48-37-35-47(39-54(48)44-20-8-3-9-21-44)59(55-27-14-23-42-22-10-11-24-49(42)55)46-33-30-40(31-34-46)45-32-36-50(53(38-45)43-18-6-2-7-19-43)51-26-15-29-57-58(51)52-25-12-13-28-56(52)60-57/h1-39H. The Morgan fingerprint density at radius 3 is 1.55 bits per heavy atom. The lowest BCUT2D eigenvalue weighted by atomic mass is 9.89. The van der Waals surface area contributed by atoms with Gasteiger partial charge in [-0.25, -0.2) is 0 Å². The Bertz CT molecular complexity index is 3290. The molecule has 282 valence electrons. The van der Waals surface area contributed by atoms with Crippen molar-refractivity contribution in [3.05, 3.63) is 237 Å². The highest BCUT2D eigenvalue weighted by molar-refractivity contribution is 6.14. The number of hydrogen-bond donors (Lipinski definition) is 0. The van der Waals surface area contributed by atoms with Gasteiger partial charge in [0.05, 0.1) is 5.69 Å². The van der Waals surface area contributed by atoms with E-state index in [-0.39, 0.29) is 0 Å². The fourth-order valence-electron chi connectivity index (χ4n) is 8.85. The minimum atomic E-state index is 0.897. The third kappa shape index (κ3) is 6.32. The van der Waals surface area contributed by atoms with Gasteiger partial charge in [-0.3, -0.25) is 0 Å². The maximum atomic E-state index is 6.32. The SMILES string of the molecule is c1ccc(-c2ccc(N(c3ccc(-c4ccc(-c5cccc6oc7ccccc7c56)c(-c5ccccc5)c4)cc3)c3cccc4ccccc34)cc2-c2ccccc2)cc1. The number of para-hydroxylation sites is 1. The van der Waals surface area contributed by atoms with Gasteiger partial charge in [0.15, 0.2) is 0 Å². The molecular weight excluding hydrogens is 727 g/mol. The largest absolute Gasteiger partial charge is 0.456 e. The molecule has 0 unspecified atom stereocenters. The van der Waals surface area contributed by atoms with Crippen molar-refractivity contribution in [2.24, 2.45) is 0 Å². The van der Waals surface area contributed by atoms with E-state index in [1.54, 1.807) is 0 Å². The lowest BCUT2D eigenvalue weighted by Gasteiger charge is -2.28. The van der Waals surface area contributed by atoms with E-state index >= 15 is 0 Å². The number of fused-ring (bicyclic) bond motifs is 4. The van der Waals surface area contributed by atoms with Crippen LogP contribution in [0.4, 0.5) is 17.1 Å². The first-order chi connectivity index (χ1) is 29.8. The lowest BCUT2D eigenvalue weighted by molar-refractivity contribution is 0.669. The first kappa shape index (κ1) is 35.2. The van der Waals surface area contributed by atoms with Crippen molar-refractivity contribution in [3.63, 3.8) is 0 Å². The van der Waals surface area contributed by atoms with E-state index in [2.05, 4.69) is 229 Å². The molecule has 10 aromatic carbocycles. The fraction of sp³-hybridized carbons (Fsp3) is 0. The van der Waals surface area contributed by atoms with Crippen molar-refractivity contribution in [1.29, 1.82) is 0 Å². The van der Waals surface area contributed by atoms with Gasteiger partial charge in [-0.1, -0.05) is 188 Å². The summed E-state index contributed by atoms with van der Waals surface area (Å²) >= 11 is 0. The van der Waals surface area contributed by atoms with E-state index in [1.165, 1.54) is 49.7 Å². The van der Waals surface area contributed by atoms with Gasteiger partial charge >= 0.3 is 0 Å². The monoisotopic (exact) mass is 765 g/mol. The quantitative estimate of drug-likeness (QED) is 0.153. The smallest absolute Gasteiger partial charge is 0.136 e. The van der Waals surface area contributed by atoms with Crippen molar-refractivity contribution < 1.29 is 4.42 Å². The normalized spacial score (nSPS) is 11.3. The molecule has 60 heavy (non-hydrogen) atoms. The molecule has 0 atom stereocenters. The Labute approximate surface area is 349 Å². The molecule has 1 heterocycles. The number of furan rings is 1. The summed E-state index contributed by atoms with van der Waals surface area (Å²) in [6.45, 7) is 0. The molecule has 0 fully saturated rings. The zero-order valence-corrected chi connectivity index (χ0v) is 32.9. The van der Waals surface area contributed by atoms with Gasteiger partial charge in [0.1, 0.15) is 11.2 Å². The molecular formula is C58H39NO. The van der Waals surface area contributed by atoms with Gasteiger partial charge in [0.2, 0.25) is 0 Å². The van der Waals surface area contributed by atoms with Crippen LogP contribution in [0.25, 0.3) is 88.3 Å². The summed E-state index contributed by atoms with van der Waals surface area (Å²) in [4.78, 5) is 2.40. The molecule has 0 aliphatic rings. The molecule has 0 saturated heterocycles. The highest BCUT2D eigenvalue weighted by Crippen LogP contribution is 2.45. The van der Waals surface area contributed by atoms with Crippen LogP contribution in [0.2, 0.25) is 0 Å². The Kier molecular flexibility index (Phi) is 8.87. The molecule has 0 bridgehead atoms. The average Bonchev–Trinajstić information content (AvgIpc) is 3.72. The summed E-state index contributed by atoms with van der Waals surface area (Å²) < 4.78 is 6.32. The minimum Gasteiger partial charge on any atom is -0.456 e. The Morgan fingerprint density at radius 2 is 0.817 bits per heavy atom. The predicted octanol–water partition coefficient (Wildman–Crippen LogP) is 16.5. The van der Waals surface area contributed by atoms with Gasteiger partial charge < -0.3 is 9.32 Å². The number of nitrogens with zero attached hydrogens (tertiary/aromatic N) is 1. The third-order valence-corrected chi connectivity index (χ3v) is 11.7. The molecule has 11 aromatic rings. The number of anilines is 3. The number of hydrogen-bond acceptors (Lipinski definition) is 2. The fourth-order valence-corrected chi connectivity index (χ4v) is 8.85. The zero-order chi connectivity index (χ0) is 39.8. The van der Waals surface area contributed by atoms with E-state index < -0.39 is 0 Å². The van der Waals surface area contributed by atoms with Gasteiger partial charge in [-0.15, -0.1) is 0 Å². The molecule has 11 rings (SSSR count). The highest BCUT2D eigenvalue weighted by Gasteiger charge is 2.20. The molecule has 0 aliphatic carbocycles. The lowest BCUT2D eigenvalue weighted by Crippen LogP contribution is -2.10. The van der Waals surface area contributed by atoms with Crippen LogP contribution >= 0.6 is 0 Å². The minimum absolute atomic E-state index is 0.897. The molecule has 0 amide bonds. The van der Waals surface area contributed by atoms with Crippen molar-refractivity contribution in [2.75, 3.05) is 4.90 Å². The van der Waals surface area contributed by atoms with Gasteiger partial charge in [-0.05, 0) is 110 Å². The second-order valence-corrected chi connectivity index (χ2v) is 15.2. The molecule has 0 radical (unpaired) electrons. The Morgan fingerprint density at radius 1 is 0.283 bits per heavy atom. The van der Waals surface area contributed by atoms with Crippen LogP contribution in [0.5, 0.6) is 0 Å². The summed E-state index contributed by atoms with van der Waals surface area (Å²) in [6.07, 6.45) is 0. The van der Waals surface area contributed by atoms with Crippen molar-refractivity contribution in [2.45, 2.75) is 0 Å². The van der Waals surface area contributed by atoms with Crippen molar-refractivity contribution >= 4 is 49.8 Å². The summed E-state index contributed by atoms with van der Waals surface area (Å²) in [5, 5.41) is 4.67. The maximum absolute atomic E-state index is 6.32. The number of rotatable bonds is 8. The molecule has 2 nitrogen and oxygen atoms in total. The van der Waals surface area contributed by atoms with Crippen LogP contribution in [0.3, 0.4) is 0 Å². The van der Waals surface area contributed by atoms with Crippen LogP contribution in [-0.4, -0.2) is 0 Å². The van der Waals surface area contributed by atoms with E-state index in [4.69, 9.17) is 4.42 Å². The van der Waals surface area contributed by atoms with E-state index in [0.29, 0.717) is 0 Å². The number of benzene rings is 10. The van der Waals surface area contributed by atoms with Crippen LogP contribution in [0.15, 0.2) is 241 Å². The molecule has 2 heteroatoms. The summed E-state index contributed by atoms with van der Waals surface area (Å²) in [7, 11) is 0. The van der Waals surface area contributed by atoms with Crippen molar-refractivity contribution in [1.82, 2.24) is 0 Å².